The molecular weight excluding hydrogens is 1030 g/mol. The van der Waals surface area contributed by atoms with E-state index in [0.29, 0.717) is 27.1 Å². The molecule has 0 N–H and O–H groups in total. The van der Waals surface area contributed by atoms with Crippen molar-refractivity contribution >= 4 is 184 Å². The maximum absolute atomic E-state index is 12.0. The second kappa shape index (κ2) is 22.6. The number of rotatable bonds is 5. The molecule has 9 rings (SSSR count). The highest BCUT2D eigenvalue weighted by Crippen LogP contribution is 2.86. The normalized spacial score (nSPS) is 12.7. The number of benzene rings is 6. The van der Waals surface area contributed by atoms with E-state index in [9.17, 15) is 4.79 Å². The molecule has 0 bridgehead atoms. The fourth-order valence-corrected chi connectivity index (χ4v) is 9.15. The highest BCUT2D eigenvalue weighted by Gasteiger charge is 2.35. The molecule has 1 aliphatic heterocycles. The molecule has 0 aliphatic carbocycles. The van der Waals surface area contributed by atoms with Gasteiger partial charge in [0.05, 0.1) is 16.5 Å². The summed E-state index contributed by atoms with van der Waals surface area (Å²) in [6.45, 7) is 5.06. The number of carbonyl (C=O) groups excluding carboxylic acids is 1. The molecule has 6 aromatic carbocycles. The van der Waals surface area contributed by atoms with E-state index in [4.69, 9.17) is 37.4 Å². The first-order valence-electron chi connectivity index (χ1n) is 17.9. The summed E-state index contributed by atoms with van der Waals surface area (Å²) >= 11 is 15.7. The Hall–Kier alpha value is 0.140. The average Bonchev–Trinajstić information content (AvgIpc) is 3.81. The van der Waals surface area contributed by atoms with Crippen LogP contribution in [-0.4, -0.2) is 13.1 Å². The lowest BCUT2D eigenvalue weighted by atomic mass is 9.75. The summed E-state index contributed by atoms with van der Waals surface area (Å²) in [5, 5.41) is 6.06. The van der Waals surface area contributed by atoms with Gasteiger partial charge in [0, 0.05) is 63.6 Å². The number of fused-ring (bicyclic) bond motifs is 9. The Kier molecular flexibility index (Phi) is 18.6. The van der Waals surface area contributed by atoms with E-state index in [1.165, 1.54) is 48.5 Å². The zero-order valence-electron chi connectivity index (χ0n) is 32.6. The van der Waals surface area contributed by atoms with E-state index < -0.39 is 5.97 Å². The van der Waals surface area contributed by atoms with Crippen LogP contribution in [0.1, 0.15) is 35.3 Å². The monoisotopic (exact) mass is 1070 g/mol. The molecule has 0 saturated carbocycles. The molecule has 0 saturated heterocycles. The Balaban J connectivity index is 0.000000162. The smallest absolute Gasteiger partial charge is 0.341 e. The minimum atomic E-state index is -0.463. The lowest BCUT2D eigenvalue weighted by Crippen LogP contribution is -2.24. The van der Waals surface area contributed by atoms with Crippen molar-refractivity contribution in [2.24, 2.45) is 0 Å². The number of esters is 1. The molecule has 0 radical (unpaired) electrons. The Morgan fingerprint density at radius 3 is 1.80 bits per heavy atom. The fraction of sp³-hybridized carbons (Fsp3) is 0.0976. The number of thiophene rings is 2. The lowest BCUT2D eigenvalue weighted by molar-refractivity contribution is 0.0598. The maximum atomic E-state index is 12.0. The van der Waals surface area contributed by atoms with Crippen molar-refractivity contribution in [2.75, 3.05) is 7.11 Å². The number of carbonyl (C=O) groups is 1. The van der Waals surface area contributed by atoms with Gasteiger partial charge in [0.1, 0.15) is 28.6 Å². The van der Waals surface area contributed by atoms with Crippen LogP contribution in [0, 0.1) is 0 Å². The summed E-state index contributed by atoms with van der Waals surface area (Å²) < 4.78 is 22.0. The van der Waals surface area contributed by atoms with Gasteiger partial charge in [-0.2, -0.15) is 0 Å². The van der Waals surface area contributed by atoms with Gasteiger partial charge in [-0.3, -0.25) is 0 Å². The first-order valence-corrected chi connectivity index (χ1v) is 38.4. The molecule has 8 aromatic rings. The van der Waals surface area contributed by atoms with Gasteiger partial charge < -0.3 is 14.2 Å². The second-order valence-electron chi connectivity index (χ2n) is 13.5. The van der Waals surface area contributed by atoms with E-state index >= 15 is 0 Å². The molecule has 0 spiro atoms. The van der Waals surface area contributed by atoms with Crippen molar-refractivity contribution < 1.29 is 19.0 Å². The summed E-state index contributed by atoms with van der Waals surface area (Å²) in [5.41, 5.74) is 2.64. The van der Waals surface area contributed by atoms with E-state index in [2.05, 4.69) is 137 Å². The van der Waals surface area contributed by atoms with Gasteiger partial charge in [0.25, 0.3) is 0 Å². The Morgan fingerprint density at radius 1 is 0.667 bits per heavy atom. The maximum Gasteiger partial charge on any atom is 0.341 e. The SMILES string of the molecule is CC1(C)c2ccc(Cl)cc2Oc2c1ccc1c2sc2ccccc21.COC(=O)c1ccc(Cl)cc1Oc1cccc2c1sc1ccccc12.PP(P)P(P)P.PPP(P)P. The Morgan fingerprint density at radius 2 is 1.20 bits per heavy atom. The number of ether oxygens (including phenoxy) is 3. The summed E-state index contributed by atoms with van der Waals surface area (Å²) in [6, 6.07) is 37.9. The van der Waals surface area contributed by atoms with Crippen molar-refractivity contribution in [2.45, 2.75) is 19.3 Å². The lowest BCUT2D eigenvalue weighted by Gasteiger charge is -2.34. The predicted molar refractivity (Wildman–Crippen MR) is 302 cm³/mol. The third-order valence-electron chi connectivity index (χ3n) is 9.36. The van der Waals surface area contributed by atoms with Crippen LogP contribution in [0.4, 0.5) is 0 Å². The third kappa shape index (κ3) is 11.7. The van der Waals surface area contributed by atoms with E-state index in [-0.39, 0.29) is 26.4 Å². The van der Waals surface area contributed by atoms with Crippen molar-refractivity contribution in [1.29, 1.82) is 0 Å². The van der Waals surface area contributed by atoms with E-state index in [1.807, 2.05) is 36.4 Å². The van der Waals surface area contributed by atoms with Crippen LogP contribution in [0.25, 0.3) is 40.3 Å². The Bertz CT molecular complexity index is 2790. The summed E-state index contributed by atoms with van der Waals surface area (Å²) in [7, 11) is 21.7. The minimum Gasteiger partial charge on any atom is -0.465 e. The molecule has 3 heterocycles. The minimum absolute atomic E-state index is 0.113. The van der Waals surface area contributed by atoms with Crippen LogP contribution < -0.4 is 9.47 Å². The zero-order valence-corrected chi connectivity index (χ0v) is 47.5. The molecule has 4 nitrogen and oxygen atoms in total. The number of hydrogen-bond donors (Lipinski definition) is 0. The highest BCUT2D eigenvalue weighted by atomic mass is 35.5. The average molecular weight is 1080 g/mol. The van der Waals surface area contributed by atoms with E-state index in [0.717, 1.165) is 29.5 Å². The number of methoxy groups -OCH3 is 1. The molecular formula is C41H43Cl2O4P11S2. The van der Waals surface area contributed by atoms with Crippen LogP contribution >= 0.6 is 137 Å². The topological polar surface area (TPSA) is 44.8 Å². The first kappa shape index (κ1) is 49.6. The van der Waals surface area contributed by atoms with Gasteiger partial charge in [-0.15, -0.1) is 85.2 Å². The molecule has 312 valence electrons. The standard InChI is InChI=1S/C21H15ClOS.C20H13ClO3S.H8P6.H7P5/c1-21(2)15-9-7-12(22)11-17(15)23-19-16(21)10-8-14-13-5-3-4-6-18(13)24-20(14)19;1-23-20(22)15-10-9-12(21)11-17(15)24-16-7-4-6-14-13-5-2-3-8-18(13)25-19(14)16;1-5(2)6(3)4;1-4-5(2)3/h3-11H,1-2H3;2-11H,1H3;1-4H2;4H,1-3H2. The quantitative estimate of drug-likeness (QED) is 0.127. The van der Waals surface area contributed by atoms with Gasteiger partial charge in [-0.05, 0) is 63.4 Å². The summed E-state index contributed by atoms with van der Waals surface area (Å²) in [4.78, 5) is 12.0. The molecule has 1 aliphatic rings. The molecule has 0 amide bonds. The second-order valence-corrected chi connectivity index (χ2v) is 50.2. The largest absolute Gasteiger partial charge is 0.465 e. The predicted octanol–water partition coefficient (Wildman–Crippen LogP) is 18.9. The molecule has 8 atom stereocenters. The van der Waals surface area contributed by atoms with Crippen LogP contribution in [0.2, 0.25) is 10.0 Å². The molecule has 0 fully saturated rings. The Labute approximate surface area is 390 Å². The molecule has 60 heavy (non-hydrogen) atoms. The van der Waals surface area contributed by atoms with Crippen molar-refractivity contribution in [3.63, 3.8) is 0 Å². The van der Waals surface area contributed by atoms with Gasteiger partial charge in [-0.25, -0.2) is 4.79 Å². The first-order chi connectivity index (χ1) is 28.6. The highest BCUT2D eigenvalue weighted by molar-refractivity contribution is 8.92. The van der Waals surface area contributed by atoms with Gasteiger partial charge in [-0.1, -0.05) is 112 Å². The third-order valence-corrected chi connectivity index (χ3v) is 45.5. The van der Waals surface area contributed by atoms with E-state index in [1.54, 1.807) is 40.9 Å². The van der Waals surface area contributed by atoms with Crippen molar-refractivity contribution in [1.82, 2.24) is 0 Å². The summed E-state index contributed by atoms with van der Waals surface area (Å²) in [5.74, 6) is 2.45. The van der Waals surface area contributed by atoms with Crippen LogP contribution in [0.3, 0.4) is 0 Å². The van der Waals surface area contributed by atoms with Crippen LogP contribution in [-0.2, 0) is 10.2 Å². The number of halogens is 2. The van der Waals surface area contributed by atoms with Crippen LogP contribution in [0.5, 0.6) is 23.0 Å². The van der Waals surface area contributed by atoms with Crippen molar-refractivity contribution in [3.8, 4) is 23.0 Å². The summed E-state index contributed by atoms with van der Waals surface area (Å²) in [6.07, 6.45) is 0. The van der Waals surface area contributed by atoms with Gasteiger partial charge in [0.15, 0.2) is 0 Å². The fourth-order valence-electron chi connectivity index (χ4n) is 6.49. The number of hydrogen-bond acceptors (Lipinski definition) is 6. The molecule has 2 aromatic heterocycles. The van der Waals surface area contributed by atoms with Gasteiger partial charge in [0.2, 0.25) is 0 Å². The molecule has 8 unspecified atom stereocenters. The van der Waals surface area contributed by atoms with Crippen molar-refractivity contribution in [3.05, 3.63) is 142 Å². The van der Waals surface area contributed by atoms with Gasteiger partial charge >= 0.3 is 5.97 Å². The molecule has 19 heteroatoms. The van der Waals surface area contributed by atoms with Crippen LogP contribution in [0.15, 0.2) is 115 Å². The zero-order chi connectivity index (χ0) is 43.3.